The molecule has 4 nitrogen and oxygen atoms in total. The van der Waals surface area contributed by atoms with Crippen molar-refractivity contribution < 1.29 is 0 Å². The van der Waals surface area contributed by atoms with Crippen molar-refractivity contribution in [2.75, 3.05) is 0 Å². The molecule has 4 heterocycles. The Bertz CT molecular complexity index is 2550. The zero-order chi connectivity index (χ0) is 26.7. The minimum Gasteiger partial charge on any atom is -0.309 e. The zero-order valence-electron chi connectivity index (χ0n) is 22.0. The quantitative estimate of drug-likeness (QED) is 0.202. The van der Waals surface area contributed by atoms with Gasteiger partial charge in [-0.1, -0.05) is 54.6 Å². The van der Waals surface area contributed by atoms with Crippen LogP contribution in [-0.4, -0.2) is 18.9 Å². The van der Waals surface area contributed by atoms with Gasteiger partial charge in [0, 0.05) is 33.4 Å². The van der Waals surface area contributed by atoms with E-state index in [1.165, 1.54) is 49.7 Å². The van der Waals surface area contributed by atoms with Crippen LogP contribution in [0.5, 0.6) is 0 Å². The molecule has 0 atom stereocenters. The van der Waals surface area contributed by atoms with Gasteiger partial charge in [0.15, 0.2) is 0 Å². The van der Waals surface area contributed by atoms with E-state index >= 15 is 0 Å². The summed E-state index contributed by atoms with van der Waals surface area (Å²) >= 11 is 0. The third-order valence-corrected chi connectivity index (χ3v) is 8.95. The van der Waals surface area contributed by atoms with Crippen LogP contribution in [0.1, 0.15) is 11.1 Å². The Morgan fingerprint density at radius 2 is 1.39 bits per heavy atom. The fourth-order valence-corrected chi connectivity index (χ4v) is 7.27. The lowest BCUT2D eigenvalue weighted by molar-refractivity contribution is 1.18. The molecule has 0 N–H and O–H groups in total. The molecule has 0 bridgehead atoms. The summed E-state index contributed by atoms with van der Waals surface area (Å²) in [7, 11) is 0. The molecule has 10 rings (SSSR count). The third-order valence-electron chi connectivity index (χ3n) is 8.95. The number of hydrogen-bond acceptors (Lipinski definition) is 2. The minimum absolute atomic E-state index is 0.896. The molecule has 4 aromatic heterocycles. The Kier molecular flexibility index (Phi) is 3.95. The summed E-state index contributed by atoms with van der Waals surface area (Å²) in [6.45, 7) is 0. The number of fused-ring (bicyclic) bond motifs is 15. The first-order valence-corrected chi connectivity index (χ1v) is 14.1. The van der Waals surface area contributed by atoms with Crippen molar-refractivity contribution >= 4 is 60.3 Å². The highest BCUT2D eigenvalue weighted by molar-refractivity contribution is 6.17. The molecule has 0 fully saturated rings. The lowest BCUT2D eigenvalue weighted by atomic mass is 9.99. The highest BCUT2D eigenvalue weighted by atomic mass is 15.0. The second-order valence-electron chi connectivity index (χ2n) is 11.0. The number of benzene rings is 5. The molecule has 190 valence electrons. The van der Waals surface area contributed by atoms with E-state index in [9.17, 15) is 0 Å². The molecule has 0 saturated carbocycles. The first-order chi connectivity index (χ1) is 20.3. The molecular weight excluding hydrogens is 500 g/mol. The van der Waals surface area contributed by atoms with E-state index < -0.39 is 0 Å². The van der Waals surface area contributed by atoms with Crippen LogP contribution in [-0.2, 0) is 6.42 Å². The number of nitrogens with zero attached hydrogens (tertiary/aromatic N) is 4. The van der Waals surface area contributed by atoms with Gasteiger partial charge in [-0.05, 0) is 89.3 Å². The van der Waals surface area contributed by atoms with Crippen LogP contribution in [0.25, 0.3) is 77.1 Å². The molecule has 0 spiro atoms. The Balaban J connectivity index is 1.31. The fourth-order valence-electron chi connectivity index (χ4n) is 7.27. The van der Waals surface area contributed by atoms with Crippen LogP contribution in [0.3, 0.4) is 0 Å². The summed E-state index contributed by atoms with van der Waals surface area (Å²) < 4.78 is 4.68. The summed E-state index contributed by atoms with van der Waals surface area (Å²) in [5, 5.41) is 4.96. The topological polar surface area (TPSA) is 35.1 Å². The molecule has 0 saturated heterocycles. The normalized spacial score (nSPS) is 12.8. The van der Waals surface area contributed by atoms with E-state index in [-0.39, 0.29) is 0 Å². The molecular formula is C37H22N4. The predicted octanol–water partition coefficient (Wildman–Crippen LogP) is 8.86. The third kappa shape index (κ3) is 2.69. The van der Waals surface area contributed by atoms with E-state index in [0.717, 1.165) is 44.9 Å². The molecule has 0 radical (unpaired) electrons. The lowest BCUT2D eigenvalue weighted by Gasteiger charge is -2.11. The van der Waals surface area contributed by atoms with Gasteiger partial charge in [0.25, 0.3) is 0 Å². The summed E-state index contributed by atoms with van der Waals surface area (Å²) in [5.74, 6) is 0. The second-order valence-corrected chi connectivity index (χ2v) is 11.0. The lowest BCUT2D eigenvalue weighted by Crippen LogP contribution is -1.94. The van der Waals surface area contributed by atoms with Crippen molar-refractivity contribution in [1.29, 1.82) is 0 Å². The Hall–Kier alpha value is -5.48. The van der Waals surface area contributed by atoms with Crippen molar-refractivity contribution in [3.63, 3.8) is 0 Å². The number of hydrogen-bond donors (Lipinski definition) is 0. The van der Waals surface area contributed by atoms with Crippen molar-refractivity contribution in [2.24, 2.45) is 0 Å². The van der Waals surface area contributed by atoms with E-state index in [1.807, 2.05) is 12.3 Å². The van der Waals surface area contributed by atoms with E-state index in [2.05, 4.69) is 118 Å². The number of imidazole rings is 1. The fraction of sp³-hybridized carbons (Fsp3) is 0.0270. The van der Waals surface area contributed by atoms with Crippen LogP contribution in [0, 0.1) is 0 Å². The maximum Gasteiger partial charge on any atom is 0.146 e. The molecule has 5 aromatic carbocycles. The largest absolute Gasteiger partial charge is 0.309 e. The Morgan fingerprint density at radius 1 is 0.585 bits per heavy atom. The van der Waals surface area contributed by atoms with Gasteiger partial charge in [0.1, 0.15) is 5.65 Å². The molecule has 0 unspecified atom stereocenters. The monoisotopic (exact) mass is 522 g/mol. The summed E-state index contributed by atoms with van der Waals surface area (Å²) in [6, 6.07) is 41.4. The average Bonchev–Trinajstić information content (AvgIpc) is 3.70. The van der Waals surface area contributed by atoms with Gasteiger partial charge in [-0.15, -0.1) is 0 Å². The SMILES string of the molecule is c1ccc(-n2c3ccccc3c3c4c(ccc32)-c2cc3c(cc2C4)c2nc4ccccc4n2c2cccnc32)cc1. The van der Waals surface area contributed by atoms with Gasteiger partial charge < -0.3 is 4.57 Å². The zero-order valence-corrected chi connectivity index (χ0v) is 22.0. The minimum atomic E-state index is 0.896. The van der Waals surface area contributed by atoms with Crippen molar-refractivity contribution in [3.05, 3.63) is 133 Å². The van der Waals surface area contributed by atoms with Crippen LogP contribution in [0.15, 0.2) is 121 Å². The Labute approximate surface area is 234 Å². The number of aromatic nitrogens is 4. The molecule has 41 heavy (non-hydrogen) atoms. The first-order valence-electron chi connectivity index (χ1n) is 14.1. The number of para-hydroxylation sites is 4. The van der Waals surface area contributed by atoms with E-state index in [4.69, 9.17) is 9.97 Å². The summed E-state index contributed by atoms with van der Waals surface area (Å²) in [4.78, 5) is 10.0. The maximum atomic E-state index is 5.13. The molecule has 0 amide bonds. The molecule has 9 aromatic rings. The van der Waals surface area contributed by atoms with E-state index in [1.54, 1.807) is 0 Å². The Morgan fingerprint density at radius 3 is 2.32 bits per heavy atom. The maximum absolute atomic E-state index is 5.13. The average molecular weight is 523 g/mol. The molecule has 1 aliphatic rings. The van der Waals surface area contributed by atoms with Crippen LogP contribution >= 0.6 is 0 Å². The number of pyridine rings is 2. The van der Waals surface area contributed by atoms with Crippen molar-refractivity contribution in [1.82, 2.24) is 18.9 Å². The first kappa shape index (κ1) is 21.4. The van der Waals surface area contributed by atoms with Crippen LogP contribution in [0.2, 0.25) is 0 Å². The van der Waals surface area contributed by atoms with Gasteiger partial charge >= 0.3 is 0 Å². The molecule has 4 heteroatoms. The highest BCUT2D eigenvalue weighted by Crippen LogP contribution is 2.46. The second kappa shape index (κ2) is 7.58. The summed E-state index contributed by atoms with van der Waals surface area (Å²) in [5.41, 5.74) is 14.3. The van der Waals surface area contributed by atoms with Crippen LogP contribution < -0.4 is 0 Å². The predicted molar refractivity (Wildman–Crippen MR) is 168 cm³/mol. The van der Waals surface area contributed by atoms with Gasteiger partial charge in [-0.2, -0.15) is 0 Å². The number of rotatable bonds is 1. The standard InChI is InChI=1S/C37H22N4/c1-2-9-23(10-3-1)40-31-13-6-4-11-25(31)35-27-19-22-20-29-28(21-26(22)24(27)16-17-33(35)40)36-34(15-8-18-38-36)41-32-14-7-5-12-30(32)39-37(29)41/h1-18,20-21H,19H2. The molecule has 0 aliphatic heterocycles. The smallest absolute Gasteiger partial charge is 0.146 e. The van der Waals surface area contributed by atoms with Gasteiger partial charge in [-0.3, -0.25) is 9.38 Å². The molecule has 1 aliphatic carbocycles. The van der Waals surface area contributed by atoms with Crippen molar-refractivity contribution in [2.45, 2.75) is 6.42 Å². The van der Waals surface area contributed by atoms with Gasteiger partial charge in [-0.25, -0.2) is 4.98 Å². The van der Waals surface area contributed by atoms with Gasteiger partial charge in [0.2, 0.25) is 0 Å². The summed E-state index contributed by atoms with van der Waals surface area (Å²) in [6.07, 6.45) is 2.79. The van der Waals surface area contributed by atoms with Gasteiger partial charge in [0.05, 0.1) is 33.1 Å². The van der Waals surface area contributed by atoms with Crippen LogP contribution in [0.4, 0.5) is 0 Å². The highest BCUT2D eigenvalue weighted by Gasteiger charge is 2.26. The van der Waals surface area contributed by atoms with E-state index in [0.29, 0.717) is 0 Å². The van der Waals surface area contributed by atoms with Crippen molar-refractivity contribution in [3.8, 4) is 16.8 Å².